The topological polar surface area (TPSA) is 18.5 Å². The molecule has 0 aromatic rings. The molecular weight excluding hydrogens is 259 g/mol. The highest BCUT2D eigenvalue weighted by molar-refractivity contribution is 8.10. The predicted octanol–water partition coefficient (Wildman–Crippen LogP) is 4.41. The van der Waals surface area contributed by atoms with Crippen molar-refractivity contribution in [3.8, 4) is 0 Å². The van der Waals surface area contributed by atoms with Crippen LogP contribution in [0.1, 0.15) is 13.3 Å². The second-order valence-electron chi connectivity index (χ2n) is 5.74. The molecule has 0 N–H and O–H groups in total. The summed E-state index contributed by atoms with van der Waals surface area (Å²) in [6.07, 6.45) is 1.96. The van der Waals surface area contributed by atoms with Crippen molar-refractivity contribution in [3.05, 3.63) is 0 Å². The van der Waals surface area contributed by atoms with E-state index < -0.39 is 23.1 Å². The lowest BCUT2D eigenvalue weighted by atomic mass is 10.6. The largest absolute Gasteiger partial charge is 0.372 e. The molecule has 0 aliphatic heterocycles. The van der Waals surface area contributed by atoms with Gasteiger partial charge in [-0.3, -0.25) is 0 Å². The average Bonchev–Trinajstić information content (AvgIpc) is 1.74. The maximum atomic E-state index is 6.12. The Morgan fingerprint density at radius 3 is 1.47 bits per heavy atom. The molecule has 0 aliphatic rings. The van der Waals surface area contributed by atoms with Crippen molar-refractivity contribution in [1.29, 1.82) is 0 Å². The summed E-state index contributed by atoms with van der Waals surface area (Å²) in [5.41, 5.74) is 0. The van der Waals surface area contributed by atoms with E-state index in [1.165, 1.54) is 0 Å². The molecule has 0 heterocycles. The van der Waals surface area contributed by atoms with Gasteiger partial charge in [-0.2, -0.15) is 0 Å². The summed E-state index contributed by atoms with van der Waals surface area (Å²) >= 11 is 5.63. The standard InChI is InChI=1S/C9H25O2PSSi2/c1-8-9-12(13,10-14(2,3)4)11-15(5,6)7/h8-9H2,1-7H3. The highest BCUT2D eigenvalue weighted by Gasteiger charge is 2.31. The van der Waals surface area contributed by atoms with Crippen LogP contribution in [0, 0.1) is 0 Å². The average molecular weight is 285 g/mol. The molecule has 92 valence electrons. The third-order valence-electron chi connectivity index (χ3n) is 1.32. The fourth-order valence-corrected chi connectivity index (χ4v) is 14.2. The van der Waals surface area contributed by atoms with Gasteiger partial charge >= 0.3 is 0 Å². The first-order valence-electron chi connectivity index (χ1n) is 5.48. The zero-order valence-electron chi connectivity index (χ0n) is 11.1. The summed E-state index contributed by atoms with van der Waals surface area (Å²) in [5.74, 6) is 0. The highest BCUT2D eigenvalue weighted by atomic mass is 32.5. The van der Waals surface area contributed by atoms with Crippen LogP contribution in [-0.4, -0.2) is 22.8 Å². The van der Waals surface area contributed by atoms with E-state index in [4.69, 9.17) is 20.2 Å². The second kappa shape index (κ2) is 5.56. The first-order valence-corrected chi connectivity index (χ1v) is 15.1. The SMILES string of the molecule is CCCP(=S)(O[Si](C)(C)C)O[Si](C)(C)C. The minimum atomic E-state index is -2.01. The van der Waals surface area contributed by atoms with E-state index in [-0.39, 0.29) is 0 Å². The molecule has 0 aliphatic carbocycles. The van der Waals surface area contributed by atoms with Crippen LogP contribution in [0.15, 0.2) is 0 Å². The lowest BCUT2D eigenvalue weighted by Gasteiger charge is -2.34. The van der Waals surface area contributed by atoms with Crippen molar-refractivity contribution < 1.29 is 8.43 Å². The van der Waals surface area contributed by atoms with Crippen molar-refractivity contribution >= 4 is 34.9 Å². The Morgan fingerprint density at radius 2 is 1.27 bits per heavy atom. The fraction of sp³-hybridized carbons (Fsp3) is 1.00. The smallest absolute Gasteiger partial charge is 0.192 e. The molecule has 0 saturated heterocycles. The Balaban J connectivity index is 4.68. The monoisotopic (exact) mass is 284 g/mol. The van der Waals surface area contributed by atoms with Crippen LogP contribution in [0.4, 0.5) is 0 Å². The third-order valence-corrected chi connectivity index (χ3v) is 10.8. The van der Waals surface area contributed by atoms with Crippen LogP contribution in [0.25, 0.3) is 0 Å². The van der Waals surface area contributed by atoms with Crippen molar-refractivity contribution in [2.45, 2.75) is 52.6 Å². The molecule has 0 aromatic heterocycles. The Labute approximate surface area is 102 Å². The van der Waals surface area contributed by atoms with Crippen LogP contribution in [-0.2, 0) is 20.2 Å². The summed E-state index contributed by atoms with van der Waals surface area (Å²) in [7, 11) is -3.17. The van der Waals surface area contributed by atoms with E-state index in [0.29, 0.717) is 0 Å². The van der Waals surface area contributed by atoms with Crippen LogP contribution in [0.2, 0.25) is 39.3 Å². The third kappa shape index (κ3) is 8.78. The van der Waals surface area contributed by atoms with E-state index in [9.17, 15) is 0 Å². The Bertz CT molecular complexity index is 225. The lowest BCUT2D eigenvalue weighted by Crippen LogP contribution is -2.30. The highest BCUT2D eigenvalue weighted by Crippen LogP contribution is 2.53. The Morgan fingerprint density at radius 1 is 0.933 bits per heavy atom. The summed E-state index contributed by atoms with van der Waals surface area (Å²) < 4.78 is 12.2. The van der Waals surface area contributed by atoms with E-state index in [2.05, 4.69) is 46.2 Å². The molecule has 0 unspecified atom stereocenters. The Hall–Kier alpha value is 1.00. The molecule has 0 amide bonds. The molecule has 0 spiro atoms. The summed E-state index contributed by atoms with van der Waals surface area (Å²) in [4.78, 5) is 0. The van der Waals surface area contributed by atoms with Crippen molar-refractivity contribution in [1.82, 2.24) is 0 Å². The van der Waals surface area contributed by atoms with Crippen LogP contribution < -0.4 is 0 Å². The molecular formula is C9H25O2PSSi2. The van der Waals surface area contributed by atoms with Crippen molar-refractivity contribution in [2.24, 2.45) is 0 Å². The maximum absolute atomic E-state index is 6.12. The second-order valence-corrected chi connectivity index (χ2v) is 19.0. The van der Waals surface area contributed by atoms with Gasteiger partial charge in [0.15, 0.2) is 23.1 Å². The maximum Gasteiger partial charge on any atom is 0.192 e. The van der Waals surface area contributed by atoms with Crippen LogP contribution >= 0.6 is 6.49 Å². The van der Waals surface area contributed by atoms with E-state index in [1.54, 1.807) is 0 Å². The molecule has 15 heavy (non-hydrogen) atoms. The first kappa shape index (κ1) is 16.0. The molecule has 0 rings (SSSR count). The van der Waals surface area contributed by atoms with Crippen LogP contribution in [0.5, 0.6) is 0 Å². The normalized spacial score (nSPS) is 14.3. The van der Waals surface area contributed by atoms with E-state index in [0.717, 1.165) is 12.6 Å². The minimum Gasteiger partial charge on any atom is -0.372 e. The fourth-order valence-electron chi connectivity index (χ4n) is 1.22. The zero-order valence-corrected chi connectivity index (χ0v) is 14.8. The molecule has 0 bridgehead atoms. The molecule has 0 fully saturated rings. The molecule has 0 saturated carbocycles. The zero-order chi connectivity index (χ0) is 12.3. The van der Waals surface area contributed by atoms with Gasteiger partial charge in [0, 0.05) is 6.16 Å². The van der Waals surface area contributed by atoms with Gasteiger partial charge in [-0.15, -0.1) is 0 Å². The van der Waals surface area contributed by atoms with Gasteiger partial charge in [0.05, 0.1) is 0 Å². The minimum absolute atomic E-state index is 0.914. The number of hydrogen-bond acceptors (Lipinski definition) is 3. The first-order chi connectivity index (χ1) is 6.47. The lowest BCUT2D eigenvalue weighted by molar-refractivity contribution is 0.484. The number of rotatable bonds is 6. The summed E-state index contributed by atoms with van der Waals surface area (Å²) in [5, 5.41) is 0. The quantitative estimate of drug-likeness (QED) is 0.532. The summed E-state index contributed by atoms with van der Waals surface area (Å²) in [6.45, 7) is 13.2. The van der Waals surface area contributed by atoms with Crippen molar-refractivity contribution in [2.75, 3.05) is 6.16 Å². The molecule has 0 aromatic carbocycles. The molecule has 6 heteroatoms. The van der Waals surface area contributed by atoms with Gasteiger partial charge in [-0.05, 0) is 57.5 Å². The molecule has 0 radical (unpaired) electrons. The van der Waals surface area contributed by atoms with Gasteiger partial charge < -0.3 is 8.43 Å². The molecule has 2 nitrogen and oxygen atoms in total. The molecule has 0 atom stereocenters. The van der Waals surface area contributed by atoms with E-state index >= 15 is 0 Å². The Kier molecular flexibility index (Phi) is 5.93. The van der Waals surface area contributed by atoms with Gasteiger partial charge in [-0.25, -0.2) is 0 Å². The van der Waals surface area contributed by atoms with Gasteiger partial charge in [-0.1, -0.05) is 6.92 Å². The predicted molar refractivity (Wildman–Crippen MR) is 78.3 cm³/mol. The van der Waals surface area contributed by atoms with Gasteiger partial charge in [0.25, 0.3) is 0 Å². The van der Waals surface area contributed by atoms with Gasteiger partial charge in [0.1, 0.15) is 0 Å². The van der Waals surface area contributed by atoms with E-state index in [1.807, 2.05) is 0 Å². The van der Waals surface area contributed by atoms with Crippen LogP contribution in [0.3, 0.4) is 0 Å². The number of hydrogen-bond donors (Lipinski definition) is 0. The summed E-state index contributed by atoms with van der Waals surface area (Å²) in [6, 6.07) is 0. The van der Waals surface area contributed by atoms with Gasteiger partial charge in [0.2, 0.25) is 0 Å². The van der Waals surface area contributed by atoms with Crippen molar-refractivity contribution in [3.63, 3.8) is 0 Å².